The number of carboxylic acid groups (broad SMARTS) is 1. The van der Waals surface area contributed by atoms with Crippen molar-refractivity contribution in [2.75, 3.05) is 11.9 Å². The van der Waals surface area contributed by atoms with E-state index in [2.05, 4.69) is 15.5 Å². The maximum Gasteiger partial charge on any atom is 0.304 e. The molecule has 9 nitrogen and oxygen atoms in total. The normalized spacial score (nSPS) is 15.1. The molecule has 1 aliphatic carbocycles. The minimum absolute atomic E-state index is 0.0926. The molecule has 0 radical (unpaired) electrons. The second-order valence-corrected chi connectivity index (χ2v) is 7.59. The number of hydrogen-bond donors (Lipinski definition) is 2. The molecule has 2 rings (SSSR count). The van der Waals surface area contributed by atoms with E-state index < -0.39 is 16.0 Å². The van der Waals surface area contributed by atoms with Crippen molar-refractivity contribution in [3.05, 3.63) is 0 Å². The molecule has 1 aromatic rings. The summed E-state index contributed by atoms with van der Waals surface area (Å²) in [5, 5.41) is 18.3. The van der Waals surface area contributed by atoms with Crippen LogP contribution in [-0.2, 0) is 19.6 Å². The number of carboxylic acids is 1. The van der Waals surface area contributed by atoms with E-state index in [-0.39, 0.29) is 34.4 Å². The van der Waals surface area contributed by atoms with Crippen molar-refractivity contribution in [2.24, 2.45) is 0 Å². The topological polar surface area (TPSA) is 130 Å². The van der Waals surface area contributed by atoms with Crippen LogP contribution < -0.4 is 5.32 Å². The summed E-state index contributed by atoms with van der Waals surface area (Å²) in [6, 6.07) is -0.178. The van der Waals surface area contributed by atoms with Gasteiger partial charge in [-0.15, -0.1) is 10.2 Å². The van der Waals surface area contributed by atoms with Gasteiger partial charge in [0.15, 0.2) is 0 Å². The molecule has 1 aromatic heterocycles. The van der Waals surface area contributed by atoms with E-state index in [1.165, 1.54) is 6.92 Å². The summed E-state index contributed by atoms with van der Waals surface area (Å²) in [6.45, 7) is 1.18. The number of sulfonamides is 1. The van der Waals surface area contributed by atoms with Crippen molar-refractivity contribution in [3.8, 4) is 0 Å². The minimum Gasteiger partial charge on any atom is -0.481 e. The molecular weight excluding hydrogens is 320 g/mol. The van der Waals surface area contributed by atoms with Crippen molar-refractivity contribution in [1.29, 1.82) is 0 Å². The van der Waals surface area contributed by atoms with E-state index in [4.69, 9.17) is 5.11 Å². The Morgan fingerprint density at radius 3 is 2.62 bits per heavy atom. The van der Waals surface area contributed by atoms with Crippen molar-refractivity contribution in [3.63, 3.8) is 0 Å². The number of nitrogens with zero attached hydrogens (tertiary/aromatic N) is 3. The van der Waals surface area contributed by atoms with E-state index in [0.717, 1.165) is 15.6 Å². The number of rotatable bonds is 7. The van der Waals surface area contributed by atoms with Crippen LogP contribution in [0.1, 0.15) is 26.2 Å². The van der Waals surface area contributed by atoms with Gasteiger partial charge in [-0.2, -0.15) is 4.31 Å². The number of hydrogen-bond acceptors (Lipinski definition) is 7. The Bertz CT molecular complexity index is 652. The molecule has 1 aliphatic rings. The minimum atomic E-state index is -3.88. The Kier molecular flexibility index (Phi) is 4.54. The van der Waals surface area contributed by atoms with Gasteiger partial charge < -0.3 is 10.4 Å². The van der Waals surface area contributed by atoms with Crippen LogP contribution in [0.4, 0.5) is 5.13 Å². The fourth-order valence-corrected chi connectivity index (χ4v) is 4.43. The summed E-state index contributed by atoms with van der Waals surface area (Å²) in [6.07, 6.45) is 1.14. The van der Waals surface area contributed by atoms with Gasteiger partial charge in [-0.25, -0.2) is 8.42 Å². The third-order valence-electron chi connectivity index (χ3n) is 2.72. The van der Waals surface area contributed by atoms with Gasteiger partial charge in [-0.1, -0.05) is 11.3 Å². The van der Waals surface area contributed by atoms with E-state index in [1.807, 2.05) is 0 Å². The molecule has 1 amide bonds. The molecule has 1 heterocycles. The van der Waals surface area contributed by atoms with Crippen LogP contribution in [0, 0.1) is 0 Å². The Morgan fingerprint density at radius 1 is 1.43 bits per heavy atom. The maximum absolute atomic E-state index is 12.5. The zero-order valence-electron chi connectivity index (χ0n) is 11.1. The molecule has 2 N–H and O–H groups in total. The summed E-state index contributed by atoms with van der Waals surface area (Å²) < 4.78 is 25.8. The smallest absolute Gasteiger partial charge is 0.304 e. The van der Waals surface area contributed by atoms with E-state index in [9.17, 15) is 18.0 Å². The van der Waals surface area contributed by atoms with Gasteiger partial charge in [-0.3, -0.25) is 9.59 Å². The first-order chi connectivity index (χ1) is 9.80. The third kappa shape index (κ3) is 3.95. The highest BCUT2D eigenvalue weighted by molar-refractivity contribution is 7.91. The molecule has 0 aliphatic heterocycles. The SMILES string of the molecule is CC(=O)Nc1nnc(S(=O)(=O)N(CCC(=O)O)C2CC2)s1. The highest BCUT2D eigenvalue weighted by Gasteiger charge is 2.40. The molecule has 0 atom stereocenters. The zero-order chi connectivity index (χ0) is 15.6. The second-order valence-electron chi connectivity index (χ2n) is 4.54. The number of nitrogens with one attached hydrogen (secondary N) is 1. The second kappa shape index (κ2) is 6.03. The first kappa shape index (κ1) is 15.8. The highest BCUT2D eigenvalue weighted by Crippen LogP contribution is 2.33. The van der Waals surface area contributed by atoms with Crippen LogP contribution in [0.3, 0.4) is 0 Å². The van der Waals surface area contributed by atoms with Gasteiger partial charge in [0.2, 0.25) is 15.4 Å². The highest BCUT2D eigenvalue weighted by atomic mass is 32.2. The predicted octanol–water partition coefficient (Wildman–Crippen LogP) is 0.124. The average Bonchev–Trinajstić information content (AvgIpc) is 3.07. The van der Waals surface area contributed by atoms with Crippen LogP contribution in [0.15, 0.2) is 4.34 Å². The van der Waals surface area contributed by atoms with Crippen LogP contribution in [0.25, 0.3) is 0 Å². The Morgan fingerprint density at radius 2 is 2.10 bits per heavy atom. The lowest BCUT2D eigenvalue weighted by atomic mass is 10.4. The van der Waals surface area contributed by atoms with Gasteiger partial charge in [0.1, 0.15) is 0 Å². The fourth-order valence-electron chi connectivity index (χ4n) is 1.68. The van der Waals surface area contributed by atoms with Gasteiger partial charge in [-0.05, 0) is 12.8 Å². The summed E-state index contributed by atoms with van der Waals surface area (Å²) in [5.74, 6) is -1.44. The summed E-state index contributed by atoms with van der Waals surface area (Å²) in [4.78, 5) is 21.5. The van der Waals surface area contributed by atoms with Gasteiger partial charge in [0, 0.05) is 19.5 Å². The standard InChI is InChI=1S/C10H14N4O5S2/c1-6(15)11-9-12-13-10(20-9)21(18,19)14(7-2-3-7)5-4-8(16)17/h7H,2-5H2,1H3,(H,16,17)(H,11,12,15). The zero-order valence-corrected chi connectivity index (χ0v) is 12.8. The van der Waals surface area contributed by atoms with Crippen molar-refractivity contribution in [2.45, 2.75) is 36.6 Å². The van der Waals surface area contributed by atoms with Gasteiger partial charge >= 0.3 is 5.97 Å². The molecule has 0 bridgehead atoms. The molecular formula is C10H14N4O5S2. The Balaban J connectivity index is 2.19. The molecule has 0 saturated heterocycles. The third-order valence-corrected chi connectivity index (χ3v) is 5.86. The number of amides is 1. The first-order valence-electron chi connectivity index (χ1n) is 6.15. The van der Waals surface area contributed by atoms with Gasteiger partial charge in [0.05, 0.1) is 6.42 Å². The monoisotopic (exact) mass is 334 g/mol. The van der Waals surface area contributed by atoms with Crippen LogP contribution in [0.2, 0.25) is 0 Å². The van der Waals surface area contributed by atoms with Crippen LogP contribution in [-0.4, -0.2) is 52.5 Å². The fraction of sp³-hybridized carbons (Fsp3) is 0.600. The molecule has 1 fully saturated rings. The molecule has 116 valence electrons. The Hall–Kier alpha value is -1.59. The predicted molar refractivity (Wildman–Crippen MR) is 73.4 cm³/mol. The Labute approximate surface area is 125 Å². The first-order valence-corrected chi connectivity index (χ1v) is 8.41. The molecule has 0 unspecified atom stereocenters. The molecule has 0 aromatic carbocycles. The quantitative estimate of drug-likeness (QED) is 0.678. The summed E-state index contributed by atoms with van der Waals surface area (Å²) >= 11 is 0.745. The van der Waals surface area contributed by atoms with Crippen molar-refractivity contribution in [1.82, 2.24) is 14.5 Å². The lowest BCUT2D eigenvalue weighted by Crippen LogP contribution is -2.35. The average molecular weight is 334 g/mol. The number of carbonyl (C=O) groups is 2. The van der Waals surface area contributed by atoms with Crippen LogP contribution >= 0.6 is 11.3 Å². The molecule has 1 saturated carbocycles. The summed E-state index contributed by atoms with van der Waals surface area (Å²) in [5.41, 5.74) is 0. The van der Waals surface area contributed by atoms with E-state index in [1.54, 1.807) is 0 Å². The molecule has 11 heteroatoms. The number of anilines is 1. The van der Waals surface area contributed by atoms with E-state index in [0.29, 0.717) is 12.8 Å². The summed E-state index contributed by atoms with van der Waals surface area (Å²) in [7, 11) is -3.88. The van der Waals surface area contributed by atoms with Gasteiger partial charge in [0.25, 0.3) is 10.0 Å². The number of carbonyl (C=O) groups excluding carboxylic acids is 1. The van der Waals surface area contributed by atoms with Crippen molar-refractivity contribution >= 4 is 38.4 Å². The van der Waals surface area contributed by atoms with E-state index >= 15 is 0 Å². The number of aliphatic carboxylic acids is 1. The van der Waals surface area contributed by atoms with Crippen molar-refractivity contribution < 1.29 is 23.1 Å². The number of aromatic nitrogens is 2. The largest absolute Gasteiger partial charge is 0.481 e. The lowest BCUT2D eigenvalue weighted by Gasteiger charge is -2.18. The van der Waals surface area contributed by atoms with Crippen LogP contribution in [0.5, 0.6) is 0 Å². The molecule has 21 heavy (non-hydrogen) atoms. The lowest BCUT2D eigenvalue weighted by molar-refractivity contribution is -0.137. The maximum atomic E-state index is 12.5. The molecule has 0 spiro atoms.